The Morgan fingerprint density at radius 2 is 2.12 bits per heavy atom. The van der Waals surface area contributed by atoms with Gasteiger partial charge in [-0.2, -0.15) is 0 Å². The van der Waals surface area contributed by atoms with Crippen LogP contribution < -0.4 is 0 Å². The average Bonchev–Trinajstić information content (AvgIpc) is 3.22. The maximum Gasteiger partial charge on any atom is 0.253 e. The minimum Gasteiger partial charge on any atom is -0.345 e. The first-order valence-electron chi connectivity index (χ1n) is 9.12. The van der Waals surface area contributed by atoms with E-state index >= 15 is 0 Å². The number of carbonyl (C=O) groups excluding carboxylic acids is 1. The number of H-pyrrole nitrogens is 1. The number of imidazole rings is 2. The molecule has 1 N–H and O–H groups in total. The van der Waals surface area contributed by atoms with Crippen LogP contribution in [0.25, 0.3) is 11.0 Å². The Hall–Kier alpha value is -2.67. The van der Waals surface area contributed by atoms with Crippen molar-refractivity contribution in [3.05, 3.63) is 48.3 Å². The minimum absolute atomic E-state index is 0.104. The summed E-state index contributed by atoms with van der Waals surface area (Å²) in [6.07, 6.45) is 7.42. The van der Waals surface area contributed by atoms with Crippen LogP contribution in [0.3, 0.4) is 0 Å². The number of hydrogen-bond acceptors (Lipinski definition) is 4. The van der Waals surface area contributed by atoms with Gasteiger partial charge in [-0.15, -0.1) is 0 Å². The Labute approximate surface area is 152 Å². The summed E-state index contributed by atoms with van der Waals surface area (Å²) < 4.78 is 2.07. The van der Waals surface area contributed by atoms with E-state index in [4.69, 9.17) is 0 Å². The molecule has 1 aromatic carbocycles. The van der Waals surface area contributed by atoms with E-state index in [1.165, 1.54) is 0 Å². The molecular weight excluding hydrogens is 328 g/mol. The molecule has 26 heavy (non-hydrogen) atoms. The van der Waals surface area contributed by atoms with Crippen LogP contribution in [0.2, 0.25) is 0 Å². The molecule has 0 unspecified atom stereocenters. The SMILES string of the molecule is Cn1ccnc1CCN1CCCN(C(=O)c2ccc3nc[nH]c3c2)CC1. The van der Waals surface area contributed by atoms with Gasteiger partial charge in [0, 0.05) is 57.6 Å². The monoisotopic (exact) mass is 352 g/mol. The van der Waals surface area contributed by atoms with Gasteiger partial charge in [0.15, 0.2) is 0 Å². The van der Waals surface area contributed by atoms with Crippen LogP contribution in [-0.2, 0) is 13.5 Å². The van der Waals surface area contributed by atoms with Crippen LogP contribution in [0.1, 0.15) is 22.6 Å². The highest BCUT2D eigenvalue weighted by molar-refractivity contribution is 5.97. The van der Waals surface area contributed by atoms with Crippen molar-refractivity contribution in [3.63, 3.8) is 0 Å². The lowest BCUT2D eigenvalue weighted by atomic mass is 10.1. The van der Waals surface area contributed by atoms with Crippen molar-refractivity contribution in [2.24, 2.45) is 7.05 Å². The molecule has 0 saturated carbocycles. The molecule has 2 aromatic heterocycles. The third kappa shape index (κ3) is 3.48. The summed E-state index contributed by atoms with van der Waals surface area (Å²) in [7, 11) is 2.03. The number of aromatic amines is 1. The van der Waals surface area contributed by atoms with Crippen LogP contribution in [-0.4, -0.2) is 67.9 Å². The fourth-order valence-electron chi connectivity index (χ4n) is 3.54. The molecular formula is C19H24N6O. The molecule has 0 atom stereocenters. The van der Waals surface area contributed by atoms with Crippen LogP contribution in [0.15, 0.2) is 36.9 Å². The van der Waals surface area contributed by atoms with E-state index in [0.717, 1.165) is 68.0 Å². The van der Waals surface area contributed by atoms with Crippen LogP contribution in [0, 0.1) is 0 Å². The predicted molar refractivity (Wildman–Crippen MR) is 100.0 cm³/mol. The van der Waals surface area contributed by atoms with Gasteiger partial charge in [0.1, 0.15) is 5.82 Å². The smallest absolute Gasteiger partial charge is 0.253 e. The van der Waals surface area contributed by atoms with Crippen molar-refractivity contribution >= 4 is 16.9 Å². The van der Waals surface area contributed by atoms with Gasteiger partial charge in [0.05, 0.1) is 17.4 Å². The molecule has 3 aromatic rings. The number of aromatic nitrogens is 4. The first-order chi connectivity index (χ1) is 12.7. The highest BCUT2D eigenvalue weighted by Crippen LogP contribution is 2.15. The number of nitrogens with zero attached hydrogens (tertiary/aromatic N) is 5. The molecule has 3 heterocycles. The van der Waals surface area contributed by atoms with E-state index < -0.39 is 0 Å². The number of nitrogens with one attached hydrogen (secondary N) is 1. The number of carbonyl (C=O) groups is 1. The number of rotatable bonds is 4. The zero-order chi connectivity index (χ0) is 17.9. The zero-order valence-electron chi connectivity index (χ0n) is 15.1. The van der Waals surface area contributed by atoms with Gasteiger partial charge in [0.2, 0.25) is 0 Å². The lowest BCUT2D eigenvalue weighted by Gasteiger charge is -2.22. The second kappa shape index (κ2) is 7.29. The molecule has 1 aliphatic rings. The molecule has 1 fully saturated rings. The largest absolute Gasteiger partial charge is 0.345 e. The quantitative estimate of drug-likeness (QED) is 0.776. The second-order valence-corrected chi connectivity index (χ2v) is 6.83. The molecule has 0 aliphatic carbocycles. The number of aryl methyl sites for hydroxylation is 1. The molecule has 1 saturated heterocycles. The Bertz CT molecular complexity index is 898. The predicted octanol–water partition coefficient (Wildman–Crippen LogP) is 1.69. The van der Waals surface area contributed by atoms with Gasteiger partial charge in [-0.25, -0.2) is 9.97 Å². The molecule has 7 nitrogen and oxygen atoms in total. The molecule has 1 aliphatic heterocycles. The summed E-state index contributed by atoms with van der Waals surface area (Å²) in [5, 5.41) is 0. The molecule has 136 valence electrons. The molecule has 0 spiro atoms. The minimum atomic E-state index is 0.104. The van der Waals surface area contributed by atoms with E-state index in [9.17, 15) is 4.79 Å². The fourth-order valence-corrected chi connectivity index (χ4v) is 3.54. The molecule has 0 radical (unpaired) electrons. The van der Waals surface area contributed by atoms with Gasteiger partial charge in [-0.05, 0) is 31.2 Å². The van der Waals surface area contributed by atoms with E-state index in [2.05, 4.69) is 24.4 Å². The van der Waals surface area contributed by atoms with Crippen LogP contribution >= 0.6 is 0 Å². The van der Waals surface area contributed by atoms with Crippen molar-refractivity contribution in [1.29, 1.82) is 0 Å². The molecule has 4 rings (SSSR count). The topological polar surface area (TPSA) is 70.1 Å². The van der Waals surface area contributed by atoms with Crippen molar-refractivity contribution < 1.29 is 4.79 Å². The van der Waals surface area contributed by atoms with Gasteiger partial charge in [-0.1, -0.05) is 0 Å². The van der Waals surface area contributed by atoms with Gasteiger partial charge < -0.3 is 19.4 Å². The van der Waals surface area contributed by atoms with E-state index in [1.807, 2.05) is 42.5 Å². The van der Waals surface area contributed by atoms with E-state index in [-0.39, 0.29) is 5.91 Å². The van der Waals surface area contributed by atoms with Gasteiger partial charge in [-0.3, -0.25) is 4.79 Å². The normalized spacial score (nSPS) is 16.1. The van der Waals surface area contributed by atoms with Crippen LogP contribution in [0.4, 0.5) is 0 Å². The summed E-state index contributed by atoms with van der Waals surface area (Å²) in [5.74, 6) is 1.21. The highest BCUT2D eigenvalue weighted by atomic mass is 16.2. The Kier molecular flexibility index (Phi) is 4.71. The molecule has 1 amide bonds. The van der Waals surface area contributed by atoms with Gasteiger partial charge in [0.25, 0.3) is 5.91 Å². The summed E-state index contributed by atoms with van der Waals surface area (Å²) in [4.78, 5) is 28.9. The fraction of sp³-hybridized carbons (Fsp3) is 0.421. The van der Waals surface area contributed by atoms with E-state index in [0.29, 0.717) is 0 Å². The zero-order valence-corrected chi connectivity index (χ0v) is 15.1. The lowest BCUT2D eigenvalue weighted by Crippen LogP contribution is -2.35. The van der Waals surface area contributed by atoms with Crippen molar-refractivity contribution in [2.75, 3.05) is 32.7 Å². The maximum atomic E-state index is 12.9. The summed E-state index contributed by atoms with van der Waals surface area (Å²) >= 11 is 0. The van der Waals surface area contributed by atoms with Crippen molar-refractivity contribution in [3.8, 4) is 0 Å². The maximum absolute atomic E-state index is 12.9. The van der Waals surface area contributed by atoms with Crippen molar-refractivity contribution in [2.45, 2.75) is 12.8 Å². The number of hydrogen-bond donors (Lipinski definition) is 1. The molecule has 0 bridgehead atoms. The number of benzene rings is 1. The standard InChI is InChI=1S/C19H24N6O/c1-23-10-6-20-18(23)5-9-24-7-2-8-25(12-11-24)19(26)15-3-4-16-17(13-15)22-14-21-16/h3-4,6,10,13-14H,2,5,7-9,11-12H2,1H3,(H,21,22). The number of amides is 1. The Morgan fingerprint density at radius 1 is 1.19 bits per heavy atom. The Balaban J connectivity index is 1.36. The average molecular weight is 352 g/mol. The van der Waals surface area contributed by atoms with Crippen LogP contribution in [0.5, 0.6) is 0 Å². The Morgan fingerprint density at radius 3 is 2.96 bits per heavy atom. The highest BCUT2D eigenvalue weighted by Gasteiger charge is 2.20. The van der Waals surface area contributed by atoms with E-state index in [1.54, 1.807) is 6.33 Å². The van der Waals surface area contributed by atoms with Crippen molar-refractivity contribution in [1.82, 2.24) is 29.3 Å². The summed E-state index contributed by atoms with van der Waals surface area (Å²) in [5.41, 5.74) is 2.52. The summed E-state index contributed by atoms with van der Waals surface area (Å²) in [6.45, 7) is 4.47. The van der Waals surface area contributed by atoms with Gasteiger partial charge >= 0.3 is 0 Å². The summed E-state index contributed by atoms with van der Waals surface area (Å²) in [6, 6.07) is 5.67. The third-order valence-electron chi connectivity index (χ3n) is 5.12. The first kappa shape index (κ1) is 16.8. The second-order valence-electron chi connectivity index (χ2n) is 6.83. The third-order valence-corrected chi connectivity index (χ3v) is 5.12. The molecule has 7 heteroatoms. The number of fused-ring (bicyclic) bond motifs is 1. The first-order valence-corrected chi connectivity index (χ1v) is 9.12. The lowest BCUT2D eigenvalue weighted by molar-refractivity contribution is 0.0761.